The van der Waals surface area contributed by atoms with Crippen LogP contribution in [0.15, 0.2) is 0 Å². The number of nitrogens with zero attached hydrogens (tertiary/aromatic N) is 4. The summed E-state index contributed by atoms with van der Waals surface area (Å²) in [7, 11) is 3.56. The molecule has 0 bridgehead atoms. The molecule has 3 N–H and O–H groups in total. The van der Waals surface area contributed by atoms with Crippen LogP contribution in [0.1, 0.15) is 13.3 Å². The van der Waals surface area contributed by atoms with Gasteiger partial charge in [-0.25, -0.2) is 5.84 Å². The first kappa shape index (κ1) is 14.4. The molecule has 1 aromatic heterocycles. The number of methoxy groups -OCH3 is 1. The molecule has 0 aliphatic heterocycles. The molecule has 0 aromatic carbocycles. The van der Waals surface area contributed by atoms with Gasteiger partial charge in [0.1, 0.15) is 0 Å². The minimum atomic E-state index is 0.258. The van der Waals surface area contributed by atoms with Crippen molar-refractivity contribution in [3.63, 3.8) is 0 Å². The van der Waals surface area contributed by atoms with Crippen LogP contribution in [-0.2, 0) is 4.74 Å². The third-order valence-electron chi connectivity index (χ3n) is 2.19. The largest absolute Gasteiger partial charge is 0.464 e. The third-order valence-corrected chi connectivity index (χ3v) is 2.19. The Morgan fingerprint density at radius 3 is 2.72 bits per heavy atom. The first-order chi connectivity index (χ1) is 8.71. The first-order valence-electron chi connectivity index (χ1n) is 5.76. The summed E-state index contributed by atoms with van der Waals surface area (Å²) >= 11 is 0. The Morgan fingerprint density at radius 2 is 2.11 bits per heavy atom. The van der Waals surface area contributed by atoms with Crippen LogP contribution in [-0.4, -0.2) is 48.9 Å². The zero-order valence-corrected chi connectivity index (χ0v) is 11.0. The molecule has 1 rings (SSSR count). The zero-order chi connectivity index (χ0) is 13.4. The van der Waals surface area contributed by atoms with Crippen molar-refractivity contribution in [1.29, 1.82) is 0 Å². The van der Waals surface area contributed by atoms with E-state index in [2.05, 4.69) is 20.4 Å². The van der Waals surface area contributed by atoms with Crippen LogP contribution in [0.5, 0.6) is 6.01 Å². The fraction of sp³-hybridized carbons (Fsp3) is 0.700. The van der Waals surface area contributed by atoms with Crippen molar-refractivity contribution in [2.45, 2.75) is 13.3 Å². The Balaban J connectivity index is 2.75. The average Bonchev–Trinajstić information content (AvgIpc) is 2.39. The average molecular weight is 256 g/mol. The van der Waals surface area contributed by atoms with Crippen LogP contribution >= 0.6 is 0 Å². The van der Waals surface area contributed by atoms with Crippen LogP contribution in [0.2, 0.25) is 0 Å². The summed E-state index contributed by atoms with van der Waals surface area (Å²) in [5.41, 5.74) is 2.39. The molecule has 0 atom stereocenters. The van der Waals surface area contributed by atoms with E-state index >= 15 is 0 Å². The van der Waals surface area contributed by atoms with Crippen LogP contribution in [0.25, 0.3) is 0 Å². The van der Waals surface area contributed by atoms with Crippen LogP contribution in [0, 0.1) is 0 Å². The van der Waals surface area contributed by atoms with Gasteiger partial charge in [-0.2, -0.15) is 15.0 Å². The SMILES string of the molecule is CCOc1nc(NN)nc(N(C)CCCOC)n1. The van der Waals surface area contributed by atoms with E-state index in [1.165, 1.54) is 0 Å². The summed E-state index contributed by atoms with van der Waals surface area (Å²) in [5.74, 6) is 6.10. The number of hydrogen-bond donors (Lipinski definition) is 2. The maximum absolute atomic E-state index is 5.31. The molecule has 18 heavy (non-hydrogen) atoms. The molecule has 0 amide bonds. The molecule has 0 saturated heterocycles. The highest BCUT2D eigenvalue weighted by Crippen LogP contribution is 2.13. The molecule has 1 heterocycles. The number of nitrogens with two attached hydrogens (primary N) is 1. The van der Waals surface area contributed by atoms with E-state index in [0.717, 1.165) is 13.0 Å². The molecule has 102 valence electrons. The van der Waals surface area contributed by atoms with Gasteiger partial charge in [0, 0.05) is 27.3 Å². The topological polar surface area (TPSA) is 98.4 Å². The molecule has 0 saturated carbocycles. The van der Waals surface area contributed by atoms with Gasteiger partial charge in [-0.05, 0) is 13.3 Å². The zero-order valence-electron chi connectivity index (χ0n) is 11.0. The number of hydrogen-bond acceptors (Lipinski definition) is 8. The predicted octanol–water partition coefficient (Wildman–Crippen LogP) is 0.0286. The summed E-state index contributed by atoms with van der Waals surface area (Å²) < 4.78 is 10.3. The number of anilines is 2. The quantitative estimate of drug-likeness (QED) is 0.382. The molecular weight excluding hydrogens is 236 g/mol. The Labute approximate surface area is 106 Å². The van der Waals surface area contributed by atoms with Gasteiger partial charge in [0.05, 0.1) is 6.61 Å². The van der Waals surface area contributed by atoms with Gasteiger partial charge >= 0.3 is 6.01 Å². The molecule has 0 fully saturated rings. The number of nitrogens with one attached hydrogen (secondary N) is 1. The number of ether oxygens (including phenoxy) is 2. The highest BCUT2D eigenvalue weighted by atomic mass is 16.5. The molecule has 8 nitrogen and oxygen atoms in total. The summed E-state index contributed by atoms with van der Waals surface area (Å²) in [4.78, 5) is 14.2. The van der Waals surface area contributed by atoms with Gasteiger partial charge in [0.15, 0.2) is 0 Å². The number of nitrogen functional groups attached to an aromatic ring is 1. The lowest BCUT2D eigenvalue weighted by Crippen LogP contribution is -2.24. The minimum absolute atomic E-state index is 0.258. The summed E-state index contributed by atoms with van der Waals surface area (Å²) in [5, 5.41) is 0. The second kappa shape index (κ2) is 7.62. The molecule has 0 radical (unpaired) electrons. The van der Waals surface area contributed by atoms with Gasteiger partial charge in [0.25, 0.3) is 0 Å². The number of rotatable bonds is 8. The highest BCUT2D eigenvalue weighted by molar-refractivity contribution is 5.36. The second-order valence-corrected chi connectivity index (χ2v) is 3.59. The molecule has 1 aromatic rings. The molecule has 0 aliphatic rings. The Morgan fingerprint density at radius 1 is 1.33 bits per heavy atom. The number of hydrazine groups is 1. The highest BCUT2D eigenvalue weighted by Gasteiger charge is 2.10. The van der Waals surface area contributed by atoms with E-state index in [1.807, 2.05) is 18.9 Å². The summed E-state index contributed by atoms with van der Waals surface area (Å²) in [6.07, 6.45) is 0.883. The van der Waals surface area contributed by atoms with E-state index in [4.69, 9.17) is 15.3 Å². The monoisotopic (exact) mass is 256 g/mol. The van der Waals surface area contributed by atoms with Gasteiger partial charge in [-0.15, -0.1) is 0 Å². The standard InChI is InChI=1S/C10H20N6O2/c1-4-18-10-13-8(15-11)12-9(14-10)16(2)6-5-7-17-3/h4-7,11H2,1-3H3,(H,12,13,14,15). The molecular formula is C10H20N6O2. The van der Waals surface area contributed by atoms with E-state index in [0.29, 0.717) is 19.2 Å². The van der Waals surface area contributed by atoms with E-state index in [1.54, 1.807) is 7.11 Å². The maximum Gasteiger partial charge on any atom is 0.323 e. The molecule has 0 aliphatic carbocycles. The molecule has 0 unspecified atom stereocenters. The lowest BCUT2D eigenvalue weighted by molar-refractivity contribution is 0.196. The summed E-state index contributed by atoms with van der Waals surface area (Å²) in [6.45, 7) is 3.81. The van der Waals surface area contributed by atoms with Crippen molar-refractivity contribution in [2.75, 3.05) is 44.2 Å². The van der Waals surface area contributed by atoms with Crippen LogP contribution < -0.4 is 20.9 Å². The Bertz CT molecular complexity index is 362. The first-order valence-corrected chi connectivity index (χ1v) is 5.76. The summed E-state index contributed by atoms with van der Waals surface area (Å²) in [6, 6.07) is 0.258. The third kappa shape index (κ3) is 4.30. The van der Waals surface area contributed by atoms with Crippen LogP contribution in [0.3, 0.4) is 0 Å². The van der Waals surface area contributed by atoms with Gasteiger partial charge in [0.2, 0.25) is 11.9 Å². The Hall–Kier alpha value is -1.67. The van der Waals surface area contributed by atoms with Crippen LogP contribution in [0.4, 0.5) is 11.9 Å². The van der Waals surface area contributed by atoms with Crippen molar-refractivity contribution in [3.8, 4) is 6.01 Å². The maximum atomic E-state index is 5.31. The van der Waals surface area contributed by atoms with Crippen molar-refractivity contribution in [2.24, 2.45) is 5.84 Å². The fourth-order valence-electron chi connectivity index (χ4n) is 1.32. The smallest absolute Gasteiger partial charge is 0.323 e. The van der Waals surface area contributed by atoms with E-state index in [-0.39, 0.29) is 12.0 Å². The minimum Gasteiger partial charge on any atom is -0.464 e. The van der Waals surface area contributed by atoms with Crippen molar-refractivity contribution in [1.82, 2.24) is 15.0 Å². The van der Waals surface area contributed by atoms with Crippen molar-refractivity contribution < 1.29 is 9.47 Å². The fourth-order valence-corrected chi connectivity index (χ4v) is 1.32. The lowest BCUT2D eigenvalue weighted by Gasteiger charge is -2.17. The lowest BCUT2D eigenvalue weighted by atomic mass is 10.4. The number of aromatic nitrogens is 3. The normalized spacial score (nSPS) is 10.2. The second-order valence-electron chi connectivity index (χ2n) is 3.59. The predicted molar refractivity (Wildman–Crippen MR) is 68.6 cm³/mol. The molecule has 0 spiro atoms. The van der Waals surface area contributed by atoms with Gasteiger partial charge < -0.3 is 14.4 Å². The van der Waals surface area contributed by atoms with Crippen molar-refractivity contribution >= 4 is 11.9 Å². The van der Waals surface area contributed by atoms with E-state index in [9.17, 15) is 0 Å². The van der Waals surface area contributed by atoms with Crippen molar-refractivity contribution in [3.05, 3.63) is 0 Å². The van der Waals surface area contributed by atoms with E-state index < -0.39 is 0 Å². The van der Waals surface area contributed by atoms with Gasteiger partial charge in [-0.1, -0.05) is 0 Å². The molecule has 8 heteroatoms. The Kier molecular flexibility index (Phi) is 6.09. The van der Waals surface area contributed by atoms with Gasteiger partial charge in [-0.3, -0.25) is 5.43 Å².